The van der Waals surface area contributed by atoms with Gasteiger partial charge in [0.15, 0.2) is 0 Å². The molecule has 0 fully saturated rings. The molecule has 1 heterocycles. The topological polar surface area (TPSA) is 72.7 Å². The van der Waals surface area contributed by atoms with Gasteiger partial charge in [0.25, 0.3) is 5.91 Å². The van der Waals surface area contributed by atoms with E-state index in [1.54, 1.807) is 18.2 Å². The molecule has 0 saturated heterocycles. The average molecular weight is 391 g/mol. The first-order chi connectivity index (χ1) is 10.2. The number of halogens is 1. The smallest absolute Gasteiger partial charge is 0.255 e. The van der Waals surface area contributed by atoms with E-state index >= 15 is 0 Å². The minimum Gasteiger partial charge on any atom is -0.322 e. The molecule has 3 rings (SSSR count). The lowest BCUT2D eigenvalue weighted by Gasteiger charge is -2.07. The van der Waals surface area contributed by atoms with Gasteiger partial charge in [-0.2, -0.15) is 0 Å². The lowest BCUT2D eigenvalue weighted by Crippen LogP contribution is -2.12. The van der Waals surface area contributed by atoms with E-state index in [0.29, 0.717) is 5.56 Å². The Balaban J connectivity index is 1.81. The number of amides is 1. The van der Waals surface area contributed by atoms with E-state index in [4.69, 9.17) is 0 Å². The van der Waals surface area contributed by atoms with Crippen molar-refractivity contribution in [1.82, 2.24) is 20.2 Å². The summed E-state index contributed by atoms with van der Waals surface area (Å²) in [5, 5.41) is 13.8. The molecule has 0 spiro atoms. The fraction of sp³-hybridized carbons (Fsp3) is 0. The summed E-state index contributed by atoms with van der Waals surface area (Å²) < 4.78 is 2.62. The number of nitrogens with one attached hydrogen (secondary N) is 1. The van der Waals surface area contributed by atoms with Crippen molar-refractivity contribution >= 4 is 34.2 Å². The molecule has 1 N–H and O–H groups in total. The Morgan fingerprint density at radius 1 is 1.14 bits per heavy atom. The highest BCUT2D eigenvalue weighted by molar-refractivity contribution is 14.1. The summed E-state index contributed by atoms with van der Waals surface area (Å²) in [7, 11) is 0. The number of hydrogen-bond acceptors (Lipinski definition) is 4. The van der Waals surface area contributed by atoms with Crippen LogP contribution in [0.5, 0.6) is 0 Å². The first kappa shape index (κ1) is 13.7. The van der Waals surface area contributed by atoms with E-state index in [9.17, 15) is 4.79 Å². The van der Waals surface area contributed by atoms with Gasteiger partial charge in [-0.3, -0.25) is 4.79 Å². The van der Waals surface area contributed by atoms with Crippen LogP contribution in [0.15, 0.2) is 54.9 Å². The second-order valence-corrected chi connectivity index (χ2v) is 5.51. The Kier molecular flexibility index (Phi) is 3.91. The van der Waals surface area contributed by atoms with Gasteiger partial charge in [0, 0.05) is 14.8 Å². The zero-order valence-electron chi connectivity index (χ0n) is 10.8. The number of rotatable bonds is 3. The number of anilines is 1. The zero-order chi connectivity index (χ0) is 14.7. The molecule has 2 aromatic carbocycles. The van der Waals surface area contributed by atoms with Crippen LogP contribution < -0.4 is 5.32 Å². The van der Waals surface area contributed by atoms with Gasteiger partial charge in [0.1, 0.15) is 6.33 Å². The van der Waals surface area contributed by atoms with E-state index in [-0.39, 0.29) is 5.91 Å². The fourth-order valence-electron chi connectivity index (χ4n) is 1.81. The summed E-state index contributed by atoms with van der Waals surface area (Å²) in [6.45, 7) is 0. The van der Waals surface area contributed by atoms with E-state index in [1.165, 1.54) is 11.0 Å². The molecule has 7 heteroatoms. The van der Waals surface area contributed by atoms with Crippen molar-refractivity contribution in [2.45, 2.75) is 0 Å². The van der Waals surface area contributed by atoms with Crippen molar-refractivity contribution in [3.63, 3.8) is 0 Å². The molecule has 0 bridgehead atoms. The van der Waals surface area contributed by atoms with E-state index < -0.39 is 0 Å². The van der Waals surface area contributed by atoms with Gasteiger partial charge in [-0.05, 0) is 75.5 Å². The van der Waals surface area contributed by atoms with Crippen LogP contribution in [-0.4, -0.2) is 26.1 Å². The van der Waals surface area contributed by atoms with Crippen LogP contribution in [0.25, 0.3) is 5.69 Å². The Morgan fingerprint density at radius 2 is 1.95 bits per heavy atom. The standard InChI is InChI=1S/C14H10IN5O/c15-11-4-6-12(7-5-11)17-14(21)10-2-1-3-13(8-10)20-9-16-18-19-20/h1-9H,(H,17,21). The predicted octanol–water partition coefficient (Wildman–Crippen LogP) is 2.52. The molecular weight excluding hydrogens is 381 g/mol. The van der Waals surface area contributed by atoms with E-state index in [0.717, 1.165) is 14.9 Å². The molecule has 104 valence electrons. The number of tetrazole rings is 1. The lowest BCUT2D eigenvalue weighted by molar-refractivity contribution is 0.102. The number of aromatic nitrogens is 4. The van der Waals surface area contributed by atoms with Crippen molar-refractivity contribution in [1.29, 1.82) is 0 Å². The molecule has 0 aliphatic heterocycles. The third kappa shape index (κ3) is 3.24. The molecular formula is C14H10IN5O. The third-order valence-corrected chi connectivity index (χ3v) is 3.54. The van der Waals surface area contributed by atoms with Gasteiger partial charge >= 0.3 is 0 Å². The maximum Gasteiger partial charge on any atom is 0.255 e. The maximum absolute atomic E-state index is 12.2. The normalized spacial score (nSPS) is 10.3. The van der Waals surface area contributed by atoms with Crippen LogP contribution >= 0.6 is 22.6 Å². The van der Waals surface area contributed by atoms with E-state index in [2.05, 4.69) is 43.4 Å². The first-order valence-electron chi connectivity index (χ1n) is 6.13. The number of nitrogens with zero attached hydrogens (tertiary/aromatic N) is 4. The van der Waals surface area contributed by atoms with Gasteiger partial charge in [-0.25, -0.2) is 4.68 Å². The number of carbonyl (C=O) groups excluding carboxylic acids is 1. The minimum absolute atomic E-state index is 0.175. The molecule has 1 aromatic heterocycles. The van der Waals surface area contributed by atoms with Crippen LogP contribution in [0.1, 0.15) is 10.4 Å². The van der Waals surface area contributed by atoms with E-state index in [1.807, 2.05) is 30.3 Å². The van der Waals surface area contributed by atoms with Gasteiger partial charge < -0.3 is 5.32 Å². The van der Waals surface area contributed by atoms with Gasteiger partial charge in [-0.1, -0.05) is 6.07 Å². The van der Waals surface area contributed by atoms with Crippen LogP contribution in [0.4, 0.5) is 5.69 Å². The summed E-state index contributed by atoms with van der Waals surface area (Å²) in [4.78, 5) is 12.2. The second kappa shape index (κ2) is 6.00. The van der Waals surface area contributed by atoms with Crippen LogP contribution in [0, 0.1) is 3.57 Å². The highest BCUT2D eigenvalue weighted by atomic mass is 127. The molecule has 0 saturated carbocycles. The van der Waals surface area contributed by atoms with Crippen molar-refractivity contribution in [3.05, 3.63) is 64.0 Å². The Labute approximate surface area is 134 Å². The van der Waals surface area contributed by atoms with Gasteiger partial charge in [0.2, 0.25) is 0 Å². The molecule has 0 aliphatic carbocycles. The largest absolute Gasteiger partial charge is 0.322 e. The van der Waals surface area contributed by atoms with Gasteiger partial charge in [-0.15, -0.1) is 5.10 Å². The number of carbonyl (C=O) groups is 1. The molecule has 6 nitrogen and oxygen atoms in total. The average Bonchev–Trinajstić information content (AvgIpc) is 3.04. The number of hydrogen-bond donors (Lipinski definition) is 1. The predicted molar refractivity (Wildman–Crippen MR) is 86.3 cm³/mol. The quantitative estimate of drug-likeness (QED) is 0.697. The molecule has 3 aromatic rings. The first-order valence-corrected chi connectivity index (χ1v) is 7.20. The van der Waals surface area contributed by atoms with Crippen molar-refractivity contribution in [3.8, 4) is 5.69 Å². The highest BCUT2D eigenvalue weighted by Gasteiger charge is 2.08. The molecule has 1 amide bonds. The monoisotopic (exact) mass is 391 g/mol. The zero-order valence-corrected chi connectivity index (χ0v) is 12.9. The van der Waals surface area contributed by atoms with Crippen molar-refractivity contribution in [2.24, 2.45) is 0 Å². The molecule has 0 atom stereocenters. The van der Waals surface area contributed by atoms with Crippen LogP contribution in [0.3, 0.4) is 0 Å². The van der Waals surface area contributed by atoms with Crippen molar-refractivity contribution in [2.75, 3.05) is 5.32 Å². The summed E-state index contributed by atoms with van der Waals surface area (Å²) >= 11 is 2.22. The molecule has 0 radical (unpaired) electrons. The summed E-state index contributed by atoms with van der Waals surface area (Å²) in [6, 6.07) is 14.7. The SMILES string of the molecule is O=C(Nc1ccc(I)cc1)c1cccc(-n2cnnn2)c1. The molecule has 21 heavy (non-hydrogen) atoms. The Morgan fingerprint density at radius 3 is 2.67 bits per heavy atom. The molecule has 0 aliphatic rings. The number of benzene rings is 2. The summed E-state index contributed by atoms with van der Waals surface area (Å²) in [5.74, 6) is -0.175. The Hall–Kier alpha value is -2.29. The third-order valence-electron chi connectivity index (χ3n) is 2.82. The van der Waals surface area contributed by atoms with Crippen LogP contribution in [-0.2, 0) is 0 Å². The van der Waals surface area contributed by atoms with Crippen LogP contribution in [0.2, 0.25) is 0 Å². The fourth-order valence-corrected chi connectivity index (χ4v) is 2.17. The second-order valence-electron chi connectivity index (χ2n) is 4.27. The van der Waals surface area contributed by atoms with Gasteiger partial charge in [0.05, 0.1) is 5.69 Å². The summed E-state index contributed by atoms with van der Waals surface area (Å²) in [5.41, 5.74) is 2.03. The maximum atomic E-state index is 12.2. The van der Waals surface area contributed by atoms with Crippen molar-refractivity contribution < 1.29 is 4.79 Å². The molecule has 0 unspecified atom stereocenters. The Bertz CT molecular complexity index is 755. The highest BCUT2D eigenvalue weighted by Crippen LogP contribution is 2.14. The summed E-state index contributed by atoms with van der Waals surface area (Å²) in [6.07, 6.45) is 1.48. The lowest BCUT2D eigenvalue weighted by atomic mass is 10.2. The minimum atomic E-state index is -0.175.